The van der Waals surface area contributed by atoms with Crippen LogP contribution in [0.2, 0.25) is 0 Å². The fourth-order valence-electron chi connectivity index (χ4n) is 2.36. The Morgan fingerprint density at radius 1 is 1.27 bits per heavy atom. The van der Waals surface area contributed by atoms with Crippen molar-refractivity contribution >= 4 is 5.97 Å². The first-order valence-electron chi connectivity index (χ1n) is 8.10. The zero-order valence-corrected chi connectivity index (χ0v) is 14.2. The molecule has 4 heteroatoms. The molecule has 124 valence electrons. The zero-order valence-electron chi connectivity index (χ0n) is 14.2. The Hall–Kier alpha value is -1.55. The molecule has 0 heterocycles. The summed E-state index contributed by atoms with van der Waals surface area (Å²) in [5.74, 6) is 0.618. The fourth-order valence-corrected chi connectivity index (χ4v) is 2.36. The third-order valence-corrected chi connectivity index (χ3v) is 4.13. The highest BCUT2D eigenvalue weighted by molar-refractivity contribution is 5.74. The zero-order chi connectivity index (χ0) is 16.6. The van der Waals surface area contributed by atoms with Crippen LogP contribution in [0.25, 0.3) is 0 Å². The molecule has 0 aliphatic heterocycles. The third-order valence-electron chi connectivity index (χ3n) is 4.13. The molecule has 0 unspecified atom stereocenters. The van der Waals surface area contributed by atoms with Crippen molar-refractivity contribution in [1.29, 1.82) is 0 Å². The average molecular weight is 307 g/mol. The minimum atomic E-state index is -0.727. The number of benzene rings is 1. The molecule has 1 aromatic rings. The van der Waals surface area contributed by atoms with Crippen LogP contribution in [0.5, 0.6) is 5.75 Å². The fraction of sp³-hybridized carbons (Fsp3) is 0.611. The Labute approximate surface area is 133 Å². The Morgan fingerprint density at radius 3 is 2.45 bits per heavy atom. The molecular formula is C18H29NO3. The lowest BCUT2D eigenvalue weighted by molar-refractivity contribution is -0.149. The Kier molecular flexibility index (Phi) is 7.39. The number of ether oxygens (including phenoxy) is 1. The summed E-state index contributed by atoms with van der Waals surface area (Å²) in [6.45, 7) is 9.85. The first-order valence-corrected chi connectivity index (χ1v) is 8.10. The summed E-state index contributed by atoms with van der Waals surface area (Å²) in [7, 11) is 0. The van der Waals surface area contributed by atoms with Gasteiger partial charge in [0.1, 0.15) is 5.75 Å². The molecule has 0 aromatic heterocycles. The number of carboxylic acids is 1. The molecule has 2 N–H and O–H groups in total. The first-order chi connectivity index (χ1) is 10.4. The lowest BCUT2D eigenvalue weighted by atomic mass is 9.82. The summed E-state index contributed by atoms with van der Waals surface area (Å²) in [6, 6.07) is 7.91. The van der Waals surface area contributed by atoms with E-state index in [-0.39, 0.29) is 0 Å². The summed E-state index contributed by atoms with van der Waals surface area (Å²) in [6.07, 6.45) is 1.24. The Balaban J connectivity index is 2.66. The number of carbonyl (C=O) groups is 1. The van der Waals surface area contributed by atoms with Crippen LogP contribution in [0.15, 0.2) is 24.3 Å². The molecule has 0 fully saturated rings. The summed E-state index contributed by atoms with van der Waals surface area (Å²) in [5.41, 5.74) is 0.378. The second-order valence-electron chi connectivity index (χ2n) is 6.21. The number of carboxylic acid groups (broad SMARTS) is 1. The quantitative estimate of drug-likeness (QED) is 0.692. The molecule has 4 nitrogen and oxygen atoms in total. The molecular weight excluding hydrogens is 278 g/mol. The van der Waals surface area contributed by atoms with Crippen molar-refractivity contribution in [3.05, 3.63) is 29.8 Å². The minimum Gasteiger partial charge on any atom is -0.493 e. The topological polar surface area (TPSA) is 58.6 Å². The predicted octanol–water partition coefficient (Wildman–Crippen LogP) is 3.70. The van der Waals surface area contributed by atoms with E-state index in [4.69, 9.17) is 4.74 Å². The number of hydrogen-bond donors (Lipinski definition) is 2. The molecule has 22 heavy (non-hydrogen) atoms. The molecule has 0 bridgehead atoms. The van der Waals surface area contributed by atoms with Gasteiger partial charge in [-0.3, -0.25) is 4.79 Å². The van der Waals surface area contributed by atoms with Crippen LogP contribution >= 0.6 is 0 Å². The Bertz CT molecular complexity index is 467. The molecule has 1 rings (SSSR count). The van der Waals surface area contributed by atoms with Gasteiger partial charge in [0.05, 0.1) is 12.0 Å². The minimum absolute atomic E-state index is 0.466. The molecule has 0 amide bonds. The van der Waals surface area contributed by atoms with Gasteiger partial charge in [-0.1, -0.05) is 45.9 Å². The largest absolute Gasteiger partial charge is 0.493 e. The first kappa shape index (κ1) is 18.5. The molecule has 0 spiro atoms. The van der Waals surface area contributed by atoms with Crippen LogP contribution in [0.4, 0.5) is 0 Å². The number of hydrogen-bond acceptors (Lipinski definition) is 3. The highest BCUT2D eigenvalue weighted by atomic mass is 16.5. The maximum atomic E-state index is 11.5. The molecule has 0 radical (unpaired) electrons. The highest BCUT2D eigenvalue weighted by Gasteiger charge is 2.34. The predicted molar refractivity (Wildman–Crippen MR) is 89.1 cm³/mol. The van der Waals surface area contributed by atoms with E-state index in [1.54, 1.807) is 0 Å². The van der Waals surface area contributed by atoms with Crippen LogP contribution in [0.3, 0.4) is 0 Å². The Morgan fingerprint density at radius 2 is 1.91 bits per heavy atom. The van der Waals surface area contributed by atoms with E-state index in [9.17, 15) is 9.90 Å². The van der Waals surface area contributed by atoms with Crippen molar-refractivity contribution in [2.24, 2.45) is 11.3 Å². The smallest absolute Gasteiger partial charge is 0.310 e. The van der Waals surface area contributed by atoms with Crippen molar-refractivity contribution in [3.63, 3.8) is 0 Å². The normalized spacial score (nSPS) is 11.7. The number of nitrogens with one attached hydrogen (secondary N) is 1. The lowest BCUT2D eigenvalue weighted by Gasteiger charge is -2.27. The van der Waals surface area contributed by atoms with E-state index in [1.165, 1.54) is 0 Å². The molecule has 0 saturated carbocycles. The summed E-state index contributed by atoms with van der Waals surface area (Å²) < 4.78 is 5.83. The van der Waals surface area contributed by atoms with E-state index in [1.807, 2.05) is 38.1 Å². The van der Waals surface area contributed by atoms with Gasteiger partial charge < -0.3 is 15.2 Å². The number of para-hydroxylation sites is 1. The molecule has 0 atom stereocenters. The van der Waals surface area contributed by atoms with Gasteiger partial charge in [-0.25, -0.2) is 0 Å². The van der Waals surface area contributed by atoms with Gasteiger partial charge in [-0.05, 0) is 24.8 Å². The summed E-state index contributed by atoms with van der Waals surface area (Å²) >= 11 is 0. The standard InChI is InChI=1S/C18H29NO3/c1-5-18(6-2,17(20)21)13-19-11-15-9-7-8-10-16(15)22-12-14(3)4/h7-10,14,19H,5-6,11-13H2,1-4H3,(H,20,21). The van der Waals surface area contributed by atoms with E-state index in [2.05, 4.69) is 19.2 Å². The molecule has 0 aliphatic carbocycles. The van der Waals surface area contributed by atoms with E-state index < -0.39 is 11.4 Å². The van der Waals surface area contributed by atoms with Gasteiger partial charge in [0.2, 0.25) is 0 Å². The van der Waals surface area contributed by atoms with Gasteiger partial charge in [-0.15, -0.1) is 0 Å². The highest BCUT2D eigenvalue weighted by Crippen LogP contribution is 2.26. The SMILES string of the molecule is CCC(CC)(CNCc1ccccc1OCC(C)C)C(=O)O. The van der Waals surface area contributed by atoms with Crippen molar-refractivity contribution < 1.29 is 14.6 Å². The number of aliphatic carboxylic acids is 1. The van der Waals surface area contributed by atoms with Gasteiger partial charge in [0.15, 0.2) is 0 Å². The molecule has 1 aromatic carbocycles. The monoisotopic (exact) mass is 307 g/mol. The van der Waals surface area contributed by atoms with Crippen LogP contribution < -0.4 is 10.1 Å². The van der Waals surface area contributed by atoms with Gasteiger partial charge in [0, 0.05) is 18.7 Å². The van der Waals surface area contributed by atoms with Crippen LogP contribution in [-0.4, -0.2) is 24.2 Å². The maximum absolute atomic E-state index is 11.5. The van der Waals surface area contributed by atoms with E-state index >= 15 is 0 Å². The van der Waals surface area contributed by atoms with Gasteiger partial charge >= 0.3 is 5.97 Å². The summed E-state index contributed by atoms with van der Waals surface area (Å²) in [4.78, 5) is 11.5. The average Bonchev–Trinajstić information content (AvgIpc) is 2.50. The van der Waals surface area contributed by atoms with Crippen molar-refractivity contribution in [2.75, 3.05) is 13.2 Å². The molecule has 0 saturated heterocycles. The lowest BCUT2D eigenvalue weighted by Crippen LogP contribution is -2.40. The maximum Gasteiger partial charge on any atom is 0.310 e. The molecule has 0 aliphatic rings. The van der Waals surface area contributed by atoms with E-state index in [0.29, 0.717) is 38.5 Å². The van der Waals surface area contributed by atoms with Crippen molar-refractivity contribution in [3.8, 4) is 5.75 Å². The second kappa shape index (κ2) is 8.79. The summed E-state index contributed by atoms with van der Waals surface area (Å²) in [5, 5.41) is 12.7. The third kappa shape index (κ3) is 5.02. The van der Waals surface area contributed by atoms with Crippen LogP contribution in [0, 0.1) is 11.3 Å². The van der Waals surface area contributed by atoms with Crippen LogP contribution in [0.1, 0.15) is 46.1 Å². The van der Waals surface area contributed by atoms with Gasteiger partial charge in [-0.2, -0.15) is 0 Å². The van der Waals surface area contributed by atoms with E-state index in [0.717, 1.165) is 11.3 Å². The van der Waals surface area contributed by atoms with Gasteiger partial charge in [0.25, 0.3) is 0 Å². The van der Waals surface area contributed by atoms with Crippen molar-refractivity contribution in [1.82, 2.24) is 5.32 Å². The second-order valence-corrected chi connectivity index (χ2v) is 6.21. The number of rotatable bonds is 10. The van der Waals surface area contributed by atoms with Crippen molar-refractivity contribution in [2.45, 2.75) is 47.1 Å². The van der Waals surface area contributed by atoms with Crippen LogP contribution in [-0.2, 0) is 11.3 Å².